The molecule has 0 saturated heterocycles. The second-order valence-corrected chi connectivity index (χ2v) is 32.9. The molecule has 0 rings (SSSR count). The van der Waals surface area contributed by atoms with E-state index in [0.29, 0.717) is 104 Å². The zero-order chi connectivity index (χ0) is 76.1. The number of nitrogens with one attached hydrogen (secondary N) is 1. The lowest BCUT2D eigenvalue weighted by atomic mass is 10.0. The first-order chi connectivity index (χ1) is 51.7. The first-order valence-corrected chi connectivity index (χ1v) is 47.4. The van der Waals surface area contributed by atoms with Gasteiger partial charge in [-0.25, -0.2) is 0 Å². The molecule has 0 aromatic carbocycles. The van der Waals surface area contributed by atoms with Crippen LogP contribution in [0.2, 0.25) is 0 Å². The van der Waals surface area contributed by atoms with Crippen LogP contribution >= 0.6 is 0 Å². The molecule has 0 saturated carbocycles. The Balaban J connectivity index is 5.85. The SMILES string of the molecule is CCCCCCCCCCCCCCCOC(=O)CCCNCC(O)CN(CCCCCCCCCCCCCC)CCN(CCCCCCCCCCCCCC)CC(O)CN(CCCC(=O)OCCCCCCCCCCCCCCC)CCCC(=O)OCCCCCCCCCCCCCCC. The largest absolute Gasteiger partial charge is 0.466 e. The molecule has 2 atom stereocenters. The Hall–Kier alpha value is -1.83. The average molecular weight is 1490 g/mol. The van der Waals surface area contributed by atoms with Crippen molar-refractivity contribution in [2.75, 3.05) is 91.8 Å². The topological polar surface area (TPSA) is 141 Å². The van der Waals surface area contributed by atoms with Gasteiger partial charge in [0.05, 0.1) is 32.0 Å². The van der Waals surface area contributed by atoms with Crippen molar-refractivity contribution in [3.63, 3.8) is 0 Å². The van der Waals surface area contributed by atoms with Crippen molar-refractivity contribution in [1.29, 1.82) is 0 Å². The molecule has 0 aromatic heterocycles. The normalized spacial score (nSPS) is 12.4. The highest BCUT2D eigenvalue weighted by Crippen LogP contribution is 2.20. The van der Waals surface area contributed by atoms with Gasteiger partial charge in [0, 0.05) is 58.5 Å². The van der Waals surface area contributed by atoms with E-state index in [1.807, 2.05) is 0 Å². The summed E-state index contributed by atoms with van der Waals surface area (Å²) >= 11 is 0. The quantitative estimate of drug-likeness (QED) is 0.0303. The van der Waals surface area contributed by atoms with Crippen LogP contribution in [0.15, 0.2) is 0 Å². The van der Waals surface area contributed by atoms with Gasteiger partial charge >= 0.3 is 17.9 Å². The molecule has 12 nitrogen and oxygen atoms in total. The minimum Gasteiger partial charge on any atom is -0.466 e. The summed E-state index contributed by atoms with van der Waals surface area (Å²) in [6.45, 7) is 20.5. The van der Waals surface area contributed by atoms with E-state index in [2.05, 4.69) is 54.6 Å². The van der Waals surface area contributed by atoms with Crippen LogP contribution in [-0.2, 0) is 28.6 Å². The molecule has 0 radical (unpaired) electrons. The maximum Gasteiger partial charge on any atom is 0.305 e. The van der Waals surface area contributed by atoms with E-state index in [1.54, 1.807) is 0 Å². The molecule has 0 aliphatic carbocycles. The number of hydrogen-bond acceptors (Lipinski definition) is 12. The standard InChI is InChI=1S/C93H186N4O8/c1-6-11-16-21-26-31-36-41-46-51-56-61-66-82-103-91(100)72-69-75-94-85-89(98)86-96(76-64-59-54-49-44-39-34-29-24-19-14-9-4)80-81-97(77-65-60-55-50-45-40-35-30-25-20-15-10-5)88-90(99)87-95(78-70-73-92(101)104-83-67-62-57-52-47-42-37-32-27-22-17-12-7-2)79-71-74-93(102)105-84-68-63-58-53-48-43-38-33-28-23-18-13-8-3/h89-90,94,98-99H,6-88H2,1-5H3. The van der Waals surface area contributed by atoms with Crippen molar-refractivity contribution < 1.29 is 38.8 Å². The first-order valence-electron chi connectivity index (χ1n) is 47.4. The lowest BCUT2D eigenvalue weighted by Crippen LogP contribution is -2.46. The number of nitrogens with zero attached hydrogens (tertiary/aromatic N) is 3. The Morgan fingerprint density at radius 1 is 0.238 bits per heavy atom. The van der Waals surface area contributed by atoms with Crippen LogP contribution in [-0.4, -0.2) is 147 Å². The van der Waals surface area contributed by atoms with E-state index >= 15 is 0 Å². The zero-order valence-corrected chi connectivity index (χ0v) is 71.5. The van der Waals surface area contributed by atoms with E-state index in [-0.39, 0.29) is 17.9 Å². The highest BCUT2D eigenvalue weighted by molar-refractivity contribution is 5.70. The van der Waals surface area contributed by atoms with Gasteiger partial charge in [0.2, 0.25) is 0 Å². The number of unbranched alkanes of at least 4 members (excludes halogenated alkanes) is 58. The van der Waals surface area contributed by atoms with Gasteiger partial charge in [0.25, 0.3) is 0 Å². The van der Waals surface area contributed by atoms with Crippen LogP contribution in [0.5, 0.6) is 0 Å². The molecule has 12 heteroatoms. The molecule has 0 fully saturated rings. The fourth-order valence-corrected chi connectivity index (χ4v) is 15.2. The van der Waals surface area contributed by atoms with Crippen LogP contribution in [0.1, 0.15) is 478 Å². The fraction of sp³-hybridized carbons (Fsp3) is 0.968. The minimum atomic E-state index is -0.608. The molecule has 0 heterocycles. The van der Waals surface area contributed by atoms with Crippen molar-refractivity contribution >= 4 is 17.9 Å². The third-order valence-electron chi connectivity index (χ3n) is 22.2. The number of esters is 3. The maximum absolute atomic E-state index is 13.1. The molecule has 626 valence electrons. The minimum absolute atomic E-state index is 0.115. The Morgan fingerprint density at radius 3 is 0.676 bits per heavy atom. The van der Waals surface area contributed by atoms with Crippen molar-refractivity contribution in [2.45, 2.75) is 490 Å². The van der Waals surface area contributed by atoms with Gasteiger partial charge in [0.15, 0.2) is 0 Å². The summed E-state index contributed by atoms with van der Waals surface area (Å²) in [5.41, 5.74) is 0. The fourth-order valence-electron chi connectivity index (χ4n) is 15.2. The zero-order valence-electron chi connectivity index (χ0n) is 71.5. The predicted octanol–water partition coefficient (Wildman–Crippen LogP) is 25.8. The number of carbonyl (C=O) groups excluding carboxylic acids is 3. The number of aliphatic hydroxyl groups excluding tert-OH is 2. The van der Waals surface area contributed by atoms with Crippen molar-refractivity contribution in [1.82, 2.24) is 20.0 Å². The summed E-state index contributed by atoms with van der Waals surface area (Å²) in [5, 5.41) is 27.3. The predicted molar refractivity (Wildman–Crippen MR) is 454 cm³/mol. The second kappa shape index (κ2) is 87.7. The highest BCUT2D eigenvalue weighted by Gasteiger charge is 2.20. The molecule has 105 heavy (non-hydrogen) atoms. The van der Waals surface area contributed by atoms with Crippen LogP contribution < -0.4 is 5.32 Å². The number of aliphatic hydroxyl groups is 2. The number of rotatable bonds is 91. The molecule has 3 N–H and O–H groups in total. The Kier molecular flexibility index (Phi) is 86.2. The number of carbonyl (C=O) groups is 3. The number of hydrogen-bond donors (Lipinski definition) is 3. The van der Waals surface area contributed by atoms with E-state index in [0.717, 1.165) is 77.5 Å². The van der Waals surface area contributed by atoms with Gasteiger partial charge in [-0.1, -0.05) is 407 Å². The first kappa shape index (κ1) is 103. The Morgan fingerprint density at radius 2 is 0.429 bits per heavy atom. The Bertz CT molecular complexity index is 1660. The van der Waals surface area contributed by atoms with E-state index in [4.69, 9.17) is 14.2 Å². The molecule has 0 aliphatic heterocycles. The van der Waals surface area contributed by atoms with Crippen molar-refractivity contribution in [3.8, 4) is 0 Å². The smallest absolute Gasteiger partial charge is 0.305 e. The molecular formula is C93H186N4O8. The summed E-state index contributed by atoms with van der Waals surface area (Å²) in [5.74, 6) is -0.391. The lowest BCUT2D eigenvalue weighted by Gasteiger charge is -2.32. The summed E-state index contributed by atoms with van der Waals surface area (Å²) in [4.78, 5) is 46.1. The summed E-state index contributed by atoms with van der Waals surface area (Å²) < 4.78 is 17.1. The summed E-state index contributed by atoms with van der Waals surface area (Å²) in [6.07, 6.45) is 83.6. The monoisotopic (exact) mass is 1490 g/mol. The highest BCUT2D eigenvalue weighted by atomic mass is 16.5. The molecule has 0 aromatic rings. The molecular weight excluding hydrogens is 1300 g/mol. The van der Waals surface area contributed by atoms with E-state index in [9.17, 15) is 24.6 Å². The van der Waals surface area contributed by atoms with Gasteiger partial charge < -0.3 is 34.6 Å². The lowest BCUT2D eigenvalue weighted by molar-refractivity contribution is -0.144. The molecule has 0 aliphatic rings. The van der Waals surface area contributed by atoms with Gasteiger partial charge in [-0.3, -0.25) is 24.2 Å². The van der Waals surface area contributed by atoms with Crippen LogP contribution in [0.3, 0.4) is 0 Å². The van der Waals surface area contributed by atoms with E-state index in [1.165, 1.54) is 353 Å². The Labute approximate surface area is 655 Å². The van der Waals surface area contributed by atoms with Crippen molar-refractivity contribution in [2.24, 2.45) is 0 Å². The molecule has 2 unspecified atom stereocenters. The number of ether oxygens (including phenoxy) is 3. The second-order valence-electron chi connectivity index (χ2n) is 32.9. The molecule has 0 spiro atoms. The van der Waals surface area contributed by atoms with Gasteiger partial charge in [-0.15, -0.1) is 0 Å². The molecule has 0 amide bonds. The third-order valence-corrected chi connectivity index (χ3v) is 22.2. The van der Waals surface area contributed by atoms with E-state index < -0.39 is 12.2 Å². The van der Waals surface area contributed by atoms with Crippen molar-refractivity contribution in [3.05, 3.63) is 0 Å². The van der Waals surface area contributed by atoms with Crippen LogP contribution in [0.25, 0.3) is 0 Å². The average Bonchev–Trinajstić information content (AvgIpc) is 0.961. The van der Waals surface area contributed by atoms with Crippen LogP contribution in [0.4, 0.5) is 0 Å². The summed E-state index contributed by atoms with van der Waals surface area (Å²) in [6, 6.07) is 0. The van der Waals surface area contributed by atoms with Gasteiger partial charge in [-0.05, 0) is 84.1 Å². The maximum atomic E-state index is 13.1. The van der Waals surface area contributed by atoms with Gasteiger partial charge in [-0.2, -0.15) is 0 Å². The van der Waals surface area contributed by atoms with Gasteiger partial charge in [0.1, 0.15) is 0 Å². The van der Waals surface area contributed by atoms with Crippen LogP contribution in [0, 0.1) is 0 Å². The molecule has 0 bridgehead atoms. The summed E-state index contributed by atoms with van der Waals surface area (Å²) in [7, 11) is 0. The third kappa shape index (κ3) is 83.0.